The standard InChI is InChI=1S/C20H24N2O3/c1-21-9-4-7-17(21)18-14-24-12-10-22(18)20(23)13-19-16-6-3-2-5-15(16)8-11-25-19/h2-7,9,18-19H,8,10-14H2,1H3/t18-,19+/m1/s1. The van der Waals surface area contributed by atoms with Gasteiger partial charge >= 0.3 is 0 Å². The van der Waals surface area contributed by atoms with Crippen molar-refractivity contribution in [2.75, 3.05) is 26.4 Å². The molecule has 5 nitrogen and oxygen atoms in total. The van der Waals surface area contributed by atoms with Crippen molar-refractivity contribution in [1.29, 1.82) is 0 Å². The average Bonchev–Trinajstić information content (AvgIpc) is 3.08. The minimum absolute atomic E-state index is 0.0277. The zero-order valence-corrected chi connectivity index (χ0v) is 14.6. The molecule has 1 aromatic heterocycles. The molecule has 0 N–H and O–H groups in total. The number of aromatic nitrogens is 1. The Hall–Kier alpha value is -2.11. The SMILES string of the molecule is Cn1cccc1[C@H]1COCCN1C(=O)C[C@@H]1OCCc2ccccc21. The molecule has 0 unspecified atom stereocenters. The summed E-state index contributed by atoms with van der Waals surface area (Å²) in [5.74, 6) is 0.135. The Bertz CT molecular complexity index is 755. The van der Waals surface area contributed by atoms with Gasteiger partial charge in [-0.1, -0.05) is 24.3 Å². The summed E-state index contributed by atoms with van der Waals surface area (Å²) in [7, 11) is 2.01. The van der Waals surface area contributed by atoms with Crippen LogP contribution >= 0.6 is 0 Å². The molecule has 1 amide bonds. The van der Waals surface area contributed by atoms with E-state index in [9.17, 15) is 4.79 Å². The Morgan fingerprint density at radius 2 is 2.08 bits per heavy atom. The minimum atomic E-state index is -0.144. The van der Waals surface area contributed by atoms with Gasteiger partial charge in [0, 0.05) is 25.5 Å². The smallest absolute Gasteiger partial charge is 0.226 e. The van der Waals surface area contributed by atoms with E-state index >= 15 is 0 Å². The maximum atomic E-state index is 13.1. The number of nitrogens with zero attached hydrogens (tertiary/aromatic N) is 2. The molecular weight excluding hydrogens is 316 g/mol. The molecule has 2 aromatic rings. The van der Waals surface area contributed by atoms with Crippen LogP contribution in [0.1, 0.15) is 35.4 Å². The topological polar surface area (TPSA) is 43.7 Å². The van der Waals surface area contributed by atoms with Crippen molar-refractivity contribution in [3.05, 3.63) is 59.4 Å². The van der Waals surface area contributed by atoms with Crippen molar-refractivity contribution in [3.8, 4) is 0 Å². The highest BCUT2D eigenvalue weighted by molar-refractivity contribution is 5.77. The van der Waals surface area contributed by atoms with Gasteiger partial charge in [0.05, 0.1) is 38.4 Å². The van der Waals surface area contributed by atoms with Gasteiger partial charge in [-0.05, 0) is 29.7 Å². The number of carbonyl (C=O) groups is 1. The predicted octanol–water partition coefficient (Wildman–Crippen LogP) is 2.63. The largest absolute Gasteiger partial charge is 0.377 e. The highest BCUT2D eigenvalue weighted by Crippen LogP contribution is 2.32. The molecule has 2 atom stereocenters. The third kappa shape index (κ3) is 3.22. The zero-order chi connectivity index (χ0) is 17.2. The predicted molar refractivity (Wildman–Crippen MR) is 94.1 cm³/mol. The number of aryl methyl sites for hydroxylation is 1. The number of fused-ring (bicyclic) bond motifs is 1. The Kier molecular flexibility index (Phi) is 4.59. The van der Waals surface area contributed by atoms with E-state index in [-0.39, 0.29) is 18.1 Å². The summed E-state index contributed by atoms with van der Waals surface area (Å²) in [5.41, 5.74) is 3.57. The van der Waals surface area contributed by atoms with Crippen LogP contribution in [0.2, 0.25) is 0 Å². The molecule has 0 saturated carbocycles. The summed E-state index contributed by atoms with van der Waals surface area (Å²) in [4.78, 5) is 15.0. The third-order valence-corrected chi connectivity index (χ3v) is 5.23. The van der Waals surface area contributed by atoms with Crippen LogP contribution in [0.5, 0.6) is 0 Å². The van der Waals surface area contributed by atoms with E-state index in [1.165, 1.54) is 5.56 Å². The Balaban J connectivity index is 1.53. The van der Waals surface area contributed by atoms with E-state index in [2.05, 4.69) is 28.8 Å². The molecule has 5 heteroatoms. The third-order valence-electron chi connectivity index (χ3n) is 5.23. The maximum Gasteiger partial charge on any atom is 0.226 e. The van der Waals surface area contributed by atoms with Crippen LogP contribution in [0.3, 0.4) is 0 Å². The molecule has 1 saturated heterocycles. The molecule has 4 rings (SSSR count). The first kappa shape index (κ1) is 16.4. The number of hydrogen-bond donors (Lipinski definition) is 0. The molecule has 2 aliphatic heterocycles. The number of hydrogen-bond acceptors (Lipinski definition) is 3. The highest BCUT2D eigenvalue weighted by atomic mass is 16.5. The van der Waals surface area contributed by atoms with Gasteiger partial charge in [-0.25, -0.2) is 0 Å². The van der Waals surface area contributed by atoms with Crippen LogP contribution in [-0.4, -0.2) is 41.7 Å². The van der Waals surface area contributed by atoms with Crippen molar-refractivity contribution >= 4 is 5.91 Å². The second-order valence-corrected chi connectivity index (χ2v) is 6.73. The molecule has 132 valence electrons. The van der Waals surface area contributed by atoms with Crippen molar-refractivity contribution in [2.24, 2.45) is 7.05 Å². The number of ether oxygens (including phenoxy) is 2. The number of benzene rings is 1. The molecule has 0 radical (unpaired) electrons. The first-order valence-corrected chi connectivity index (χ1v) is 8.92. The summed E-state index contributed by atoms with van der Waals surface area (Å²) < 4.78 is 13.6. The van der Waals surface area contributed by atoms with Crippen molar-refractivity contribution < 1.29 is 14.3 Å². The molecule has 2 aliphatic rings. The minimum Gasteiger partial charge on any atom is -0.377 e. The zero-order valence-electron chi connectivity index (χ0n) is 14.6. The Labute approximate surface area is 148 Å². The molecule has 0 spiro atoms. The molecule has 1 fully saturated rings. The summed E-state index contributed by atoms with van der Waals surface area (Å²) in [5, 5.41) is 0. The van der Waals surface area contributed by atoms with E-state index in [1.54, 1.807) is 0 Å². The van der Waals surface area contributed by atoms with Crippen LogP contribution in [-0.2, 0) is 27.7 Å². The number of amides is 1. The van der Waals surface area contributed by atoms with Crippen molar-refractivity contribution in [2.45, 2.75) is 25.0 Å². The highest BCUT2D eigenvalue weighted by Gasteiger charge is 2.32. The first-order valence-electron chi connectivity index (χ1n) is 8.92. The summed E-state index contributed by atoms with van der Waals surface area (Å²) in [6.45, 7) is 2.45. The van der Waals surface area contributed by atoms with Crippen LogP contribution in [0.4, 0.5) is 0 Å². The van der Waals surface area contributed by atoms with E-state index in [1.807, 2.05) is 30.3 Å². The molecule has 25 heavy (non-hydrogen) atoms. The van der Waals surface area contributed by atoms with Gasteiger partial charge in [-0.3, -0.25) is 4.79 Å². The Morgan fingerprint density at radius 1 is 1.20 bits per heavy atom. The lowest BCUT2D eigenvalue weighted by Gasteiger charge is -2.37. The van der Waals surface area contributed by atoms with E-state index in [0.29, 0.717) is 32.8 Å². The summed E-state index contributed by atoms with van der Waals surface area (Å²) >= 11 is 0. The monoisotopic (exact) mass is 340 g/mol. The fraction of sp³-hybridized carbons (Fsp3) is 0.450. The number of morpholine rings is 1. The lowest BCUT2D eigenvalue weighted by Crippen LogP contribution is -2.44. The summed E-state index contributed by atoms with van der Waals surface area (Å²) in [6, 6.07) is 12.3. The lowest BCUT2D eigenvalue weighted by atomic mass is 9.95. The average molecular weight is 340 g/mol. The molecule has 0 bridgehead atoms. The second-order valence-electron chi connectivity index (χ2n) is 6.73. The quantitative estimate of drug-likeness (QED) is 0.863. The van der Waals surface area contributed by atoms with Gasteiger partial charge in [-0.15, -0.1) is 0 Å². The van der Waals surface area contributed by atoms with Crippen LogP contribution in [0.25, 0.3) is 0 Å². The molecular formula is C20H24N2O3. The Morgan fingerprint density at radius 3 is 2.92 bits per heavy atom. The normalized spacial score (nSPS) is 23.3. The fourth-order valence-corrected chi connectivity index (χ4v) is 3.89. The van der Waals surface area contributed by atoms with Gasteiger partial charge in [0.25, 0.3) is 0 Å². The van der Waals surface area contributed by atoms with Crippen molar-refractivity contribution in [1.82, 2.24) is 9.47 Å². The van der Waals surface area contributed by atoms with Gasteiger partial charge in [-0.2, -0.15) is 0 Å². The number of rotatable bonds is 3. The van der Waals surface area contributed by atoms with E-state index in [0.717, 1.165) is 17.7 Å². The van der Waals surface area contributed by atoms with Gasteiger partial charge in [0.1, 0.15) is 0 Å². The molecule has 3 heterocycles. The van der Waals surface area contributed by atoms with Crippen LogP contribution < -0.4 is 0 Å². The maximum absolute atomic E-state index is 13.1. The van der Waals surface area contributed by atoms with E-state index < -0.39 is 0 Å². The van der Waals surface area contributed by atoms with E-state index in [4.69, 9.17) is 9.47 Å². The number of carbonyl (C=O) groups excluding carboxylic acids is 1. The molecule has 0 aliphatic carbocycles. The fourth-order valence-electron chi connectivity index (χ4n) is 3.89. The van der Waals surface area contributed by atoms with Crippen LogP contribution in [0.15, 0.2) is 42.6 Å². The summed E-state index contributed by atoms with van der Waals surface area (Å²) in [6.07, 6.45) is 3.17. The van der Waals surface area contributed by atoms with Crippen LogP contribution in [0, 0.1) is 0 Å². The lowest BCUT2D eigenvalue weighted by molar-refractivity contribution is -0.143. The van der Waals surface area contributed by atoms with Gasteiger partial charge in [0.2, 0.25) is 5.91 Å². The first-order chi connectivity index (χ1) is 12.2. The van der Waals surface area contributed by atoms with Crippen molar-refractivity contribution in [3.63, 3.8) is 0 Å². The molecule has 1 aromatic carbocycles. The van der Waals surface area contributed by atoms with Gasteiger partial charge in [0.15, 0.2) is 0 Å². The van der Waals surface area contributed by atoms with Gasteiger partial charge < -0.3 is 18.9 Å². The second kappa shape index (κ2) is 7.02.